The molecule has 3 heteroatoms. The maximum absolute atomic E-state index is 5.98. The smallest absolute Gasteiger partial charge is 0.0410 e. The number of aryl methyl sites for hydroxylation is 1. The first kappa shape index (κ1) is 11.7. The van der Waals surface area contributed by atoms with Gasteiger partial charge >= 0.3 is 0 Å². The van der Waals surface area contributed by atoms with Gasteiger partial charge in [0.15, 0.2) is 0 Å². The van der Waals surface area contributed by atoms with Crippen LogP contribution in [0.4, 0.5) is 5.69 Å². The Balaban J connectivity index is 2.16. The summed E-state index contributed by atoms with van der Waals surface area (Å²) in [6, 6.07) is 6.77. The SMILES string of the molecule is CN[C@@H]1CCCN(c2ccc(Cl)cc2C)C1. The number of hydrogen-bond acceptors (Lipinski definition) is 2. The summed E-state index contributed by atoms with van der Waals surface area (Å²) in [6.45, 7) is 4.38. The van der Waals surface area contributed by atoms with E-state index in [2.05, 4.69) is 23.2 Å². The van der Waals surface area contributed by atoms with Crippen LogP contribution in [0.1, 0.15) is 18.4 Å². The number of piperidine rings is 1. The summed E-state index contributed by atoms with van der Waals surface area (Å²) in [5.41, 5.74) is 2.59. The van der Waals surface area contributed by atoms with E-state index in [1.165, 1.54) is 24.1 Å². The van der Waals surface area contributed by atoms with Gasteiger partial charge in [0, 0.05) is 29.8 Å². The molecule has 2 rings (SSSR count). The molecule has 88 valence electrons. The lowest BCUT2D eigenvalue weighted by Crippen LogP contribution is -2.44. The number of benzene rings is 1. The van der Waals surface area contributed by atoms with Crippen LogP contribution in [0.5, 0.6) is 0 Å². The van der Waals surface area contributed by atoms with Gasteiger partial charge in [0.1, 0.15) is 0 Å². The van der Waals surface area contributed by atoms with E-state index in [4.69, 9.17) is 11.6 Å². The molecule has 1 atom stereocenters. The normalized spacial score (nSPS) is 21.2. The van der Waals surface area contributed by atoms with Crippen molar-refractivity contribution in [1.82, 2.24) is 5.32 Å². The van der Waals surface area contributed by atoms with Gasteiger partial charge in [0.2, 0.25) is 0 Å². The van der Waals surface area contributed by atoms with Crippen molar-refractivity contribution in [2.75, 3.05) is 25.0 Å². The van der Waals surface area contributed by atoms with Crippen LogP contribution in [-0.2, 0) is 0 Å². The highest BCUT2D eigenvalue weighted by Gasteiger charge is 2.19. The number of nitrogens with zero attached hydrogens (tertiary/aromatic N) is 1. The highest BCUT2D eigenvalue weighted by molar-refractivity contribution is 6.30. The minimum Gasteiger partial charge on any atom is -0.370 e. The first-order chi connectivity index (χ1) is 7.70. The van der Waals surface area contributed by atoms with E-state index in [0.29, 0.717) is 6.04 Å². The molecule has 0 amide bonds. The van der Waals surface area contributed by atoms with Gasteiger partial charge in [0.25, 0.3) is 0 Å². The Bertz CT molecular complexity index is 365. The van der Waals surface area contributed by atoms with Gasteiger partial charge in [-0.15, -0.1) is 0 Å². The van der Waals surface area contributed by atoms with E-state index in [0.717, 1.165) is 18.1 Å². The van der Waals surface area contributed by atoms with Crippen molar-refractivity contribution in [1.29, 1.82) is 0 Å². The molecule has 0 unspecified atom stereocenters. The minimum absolute atomic E-state index is 0.615. The van der Waals surface area contributed by atoms with Crippen LogP contribution in [0.2, 0.25) is 5.02 Å². The van der Waals surface area contributed by atoms with Crippen LogP contribution in [0.15, 0.2) is 18.2 Å². The topological polar surface area (TPSA) is 15.3 Å². The number of anilines is 1. The lowest BCUT2D eigenvalue weighted by Gasteiger charge is -2.35. The molecule has 1 aromatic rings. The molecule has 1 N–H and O–H groups in total. The summed E-state index contributed by atoms with van der Waals surface area (Å²) in [6.07, 6.45) is 2.53. The van der Waals surface area contributed by atoms with Crippen molar-refractivity contribution in [3.05, 3.63) is 28.8 Å². The Kier molecular flexibility index (Phi) is 3.72. The number of rotatable bonds is 2. The van der Waals surface area contributed by atoms with Gasteiger partial charge < -0.3 is 10.2 Å². The molecule has 1 aliphatic heterocycles. The molecular weight excluding hydrogens is 220 g/mol. The fourth-order valence-corrected chi connectivity index (χ4v) is 2.63. The average Bonchev–Trinajstić information content (AvgIpc) is 2.29. The van der Waals surface area contributed by atoms with Gasteiger partial charge in [-0.3, -0.25) is 0 Å². The zero-order chi connectivity index (χ0) is 11.5. The summed E-state index contributed by atoms with van der Waals surface area (Å²) in [5.74, 6) is 0. The molecule has 16 heavy (non-hydrogen) atoms. The van der Waals surface area contributed by atoms with Crippen LogP contribution in [-0.4, -0.2) is 26.2 Å². The third kappa shape index (κ3) is 2.50. The van der Waals surface area contributed by atoms with Crippen molar-refractivity contribution >= 4 is 17.3 Å². The Morgan fingerprint density at radius 1 is 1.44 bits per heavy atom. The van der Waals surface area contributed by atoms with E-state index in [9.17, 15) is 0 Å². The lowest BCUT2D eigenvalue weighted by molar-refractivity contribution is 0.449. The quantitative estimate of drug-likeness (QED) is 0.853. The molecule has 1 aliphatic rings. The second-order valence-corrected chi connectivity index (χ2v) is 4.94. The molecule has 1 aromatic carbocycles. The largest absolute Gasteiger partial charge is 0.370 e. The third-order valence-corrected chi connectivity index (χ3v) is 3.56. The fraction of sp³-hybridized carbons (Fsp3) is 0.538. The fourth-order valence-electron chi connectivity index (χ4n) is 2.41. The van der Waals surface area contributed by atoms with Crippen LogP contribution >= 0.6 is 11.6 Å². The molecule has 0 bridgehead atoms. The standard InChI is InChI=1S/C13H19ClN2/c1-10-8-11(14)5-6-13(10)16-7-3-4-12(9-16)15-2/h5-6,8,12,15H,3-4,7,9H2,1-2H3/t12-/m1/s1. The van der Waals surface area contributed by atoms with E-state index >= 15 is 0 Å². The van der Waals surface area contributed by atoms with E-state index in [1.54, 1.807) is 0 Å². The van der Waals surface area contributed by atoms with E-state index in [1.807, 2.05) is 19.2 Å². The molecule has 2 nitrogen and oxygen atoms in total. The highest BCUT2D eigenvalue weighted by atomic mass is 35.5. The number of halogens is 1. The average molecular weight is 239 g/mol. The van der Waals surface area contributed by atoms with Crippen molar-refractivity contribution in [3.63, 3.8) is 0 Å². The van der Waals surface area contributed by atoms with Gasteiger partial charge in [-0.1, -0.05) is 11.6 Å². The van der Waals surface area contributed by atoms with Crippen molar-refractivity contribution in [2.45, 2.75) is 25.8 Å². The first-order valence-corrected chi connectivity index (χ1v) is 6.27. The Labute approximate surface area is 103 Å². The van der Waals surface area contributed by atoms with Gasteiger partial charge in [-0.05, 0) is 50.6 Å². The molecule has 1 heterocycles. The maximum Gasteiger partial charge on any atom is 0.0410 e. The molecule has 0 radical (unpaired) electrons. The second kappa shape index (κ2) is 5.07. The van der Waals surface area contributed by atoms with Gasteiger partial charge in [-0.25, -0.2) is 0 Å². The number of nitrogens with one attached hydrogen (secondary N) is 1. The van der Waals surface area contributed by atoms with Crippen molar-refractivity contribution in [3.8, 4) is 0 Å². The predicted octanol–water partition coefficient (Wildman–Crippen LogP) is 2.84. The highest BCUT2D eigenvalue weighted by Crippen LogP contribution is 2.26. The molecule has 1 fully saturated rings. The first-order valence-electron chi connectivity index (χ1n) is 5.89. The zero-order valence-corrected chi connectivity index (χ0v) is 10.7. The lowest BCUT2D eigenvalue weighted by atomic mass is 10.0. The second-order valence-electron chi connectivity index (χ2n) is 4.50. The summed E-state index contributed by atoms with van der Waals surface area (Å²) in [7, 11) is 2.04. The van der Waals surface area contributed by atoms with E-state index in [-0.39, 0.29) is 0 Å². The molecule has 1 saturated heterocycles. The zero-order valence-electron chi connectivity index (χ0n) is 9.96. The summed E-state index contributed by atoms with van der Waals surface area (Å²) in [5, 5.41) is 4.19. The molecule has 0 aromatic heterocycles. The molecule has 0 saturated carbocycles. The Morgan fingerprint density at radius 2 is 2.25 bits per heavy atom. The minimum atomic E-state index is 0.615. The summed E-state index contributed by atoms with van der Waals surface area (Å²) >= 11 is 5.98. The van der Waals surface area contributed by atoms with Crippen LogP contribution in [0.25, 0.3) is 0 Å². The van der Waals surface area contributed by atoms with Gasteiger partial charge in [0.05, 0.1) is 0 Å². The monoisotopic (exact) mass is 238 g/mol. The maximum atomic E-state index is 5.98. The van der Waals surface area contributed by atoms with Gasteiger partial charge in [-0.2, -0.15) is 0 Å². The molecule has 0 spiro atoms. The third-order valence-electron chi connectivity index (χ3n) is 3.33. The summed E-state index contributed by atoms with van der Waals surface area (Å²) < 4.78 is 0. The Hall–Kier alpha value is -0.730. The number of likely N-dealkylation sites (N-methyl/N-ethyl adjacent to an activating group) is 1. The molecule has 0 aliphatic carbocycles. The Morgan fingerprint density at radius 3 is 2.94 bits per heavy atom. The number of hydrogen-bond donors (Lipinski definition) is 1. The van der Waals surface area contributed by atoms with Crippen molar-refractivity contribution < 1.29 is 0 Å². The summed E-state index contributed by atoms with van der Waals surface area (Å²) in [4.78, 5) is 2.45. The predicted molar refractivity (Wildman–Crippen MR) is 70.5 cm³/mol. The molecular formula is C13H19ClN2. The van der Waals surface area contributed by atoms with Crippen LogP contribution in [0, 0.1) is 6.92 Å². The van der Waals surface area contributed by atoms with Crippen LogP contribution in [0.3, 0.4) is 0 Å². The van der Waals surface area contributed by atoms with Crippen LogP contribution < -0.4 is 10.2 Å². The van der Waals surface area contributed by atoms with E-state index < -0.39 is 0 Å². The van der Waals surface area contributed by atoms with Crippen molar-refractivity contribution in [2.24, 2.45) is 0 Å².